The number of furan rings is 1. The molecule has 5 heterocycles. The number of nitrogens with zero attached hydrogens (tertiary/aromatic N) is 4. The molecule has 0 N–H and O–H groups in total. The van der Waals surface area contributed by atoms with Crippen molar-refractivity contribution in [2.24, 2.45) is 0 Å². The molecule has 7 aromatic carbocycles. The van der Waals surface area contributed by atoms with E-state index in [1.165, 1.54) is 54.4 Å². The minimum atomic E-state index is 0.771. The van der Waals surface area contributed by atoms with Gasteiger partial charge in [-0.3, -0.25) is 4.57 Å². The van der Waals surface area contributed by atoms with Crippen LogP contribution in [0.15, 0.2) is 174 Å². The molecular weight excluding hydrogens is 637 g/mol. The van der Waals surface area contributed by atoms with E-state index in [9.17, 15) is 0 Å². The molecule has 0 radical (unpaired) electrons. The van der Waals surface area contributed by atoms with Crippen LogP contribution in [0.1, 0.15) is 0 Å². The zero-order valence-electron chi connectivity index (χ0n) is 27.9. The summed E-state index contributed by atoms with van der Waals surface area (Å²) in [5, 5.41) is 8.35. The van der Waals surface area contributed by atoms with Crippen molar-refractivity contribution in [1.82, 2.24) is 18.7 Å². The van der Waals surface area contributed by atoms with Gasteiger partial charge in [0, 0.05) is 49.1 Å². The molecule has 5 aromatic heterocycles. The summed E-state index contributed by atoms with van der Waals surface area (Å²) in [5.74, 6) is 0.855. The van der Waals surface area contributed by atoms with Crippen LogP contribution in [0.3, 0.4) is 0 Å². The Morgan fingerprint density at radius 3 is 1.27 bits per heavy atom. The van der Waals surface area contributed by atoms with Gasteiger partial charge in [0.25, 0.3) is 0 Å². The van der Waals surface area contributed by atoms with Crippen molar-refractivity contribution in [3.8, 4) is 17.2 Å². The van der Waals surface area contributed by atoms with E-state index in [1.54, 1.807) is 0 Å². The Balaban J connectivity index is 1.07. The Kier molecular flexibility index (Phi) is 5.44. The van der Waals surface area contributed by atoms with Crippen molar-refractivity contribution in [1.29, 1.82) is 0 Å². The van der Waals surface area contributed by atoms with E-state index in [1.807, 2.05) is 0 Å². The van der Waals surface area contributed by atoms with E-state index in [-0.39, 0.29) is 0 Å². The van der Waals surface area contributed by atoms with Gasteiger partial charge in [-0.25, -0.2) is 4.98 Å². The predicted molar refractivity (Wildman–Crippen MR) is 215 cm³/mol. The van der Waals surface area contributed by atoms with Gasteiger partial charge >= 0.3 is 0 Å². The van der Waals surface area contributed by atoms with Crippen LogP contribution in [-0.2, 0) is 0 Å². The fourth-order valence-corrected chi connectivity index (χ4v) is 8.63. The van der Waals surface area contributed by atoms with E-state index in [0.29, 0.717) is 0 Å². The molecule has 12 aromatic rings. The third kappa shape index (κ3) is 3.69. The molecule has 0 amide bonds. The number of fused-ring (bicyclic) bond motifs is 12. The monoisotopic (exact) mass is 664 g/mol. The average Bonchev–Trinajstić information content (AvgIpc) is 3.93. The van der Waals surface area contributed by atoms with Gasteiger partial charge in [-0.05, 0) is 78.9 Å². The van der Waals surface area contributed by atoms with E-state index in [4.69, 9.17) is 9.40 Å². The fourth-order valence-electron chi connectivity index (χ4n) is 8.63. The van der Waals surface area contributed by atoms with Gasteiger partial charge in [0.05, 0.1) is 33.1 Å². The summed E-state index contributed by atoms with van der Waals surface area (Å²) in [5.41, 5.74) is 11.6. The van der Waals surface area contributed by atoms with Crippen LogP contribution in [0.2, 0.25) is 0 Å². The number of para-hydroxylation sites is 5. The van der Waals surface area contributed by atoms with Crippen molar-refractivity contribution in [2.45, 2.75) is 0 Å². The summed E-state index contributed by atoms with van der Waals surface area (Å²) in [7, 11) is 0. The first kappa shape index (κ1) is 27.7. The van der Waals surface area contributed by atoms with Crippen molar-refractivity contribution >= 4 is 87.5 Å². The first-order valence-electron chi connectivity index (χ1n) is 17.6. The topological polar surface area (TPSA) is 40.8 Å². The van der Waals surface area contributed by atoms with Crippen molar-refractivity contribution in [3.63, 3.8) is 0 Å². The summed E-state index contributed by atoms with van der Waals surface area (Å²) in [6, 6.07) is 60.6. The molecule has 0 unspecified atom stereocenters. The van der Waals surface area contributed by atoms with Crippen LogP contribution in [0, 0.1) is 0 Å². The fraction of sp³-hybridized carbons (Fsp3) is 0. The Hall–Kier alpha value is -7.11. The summed E-state index contributed by atoms with van der Waals surface area (Å²) < 4.78 is 13.4. The normalized spacial score (nSPS) is 12.2. The van der Waals surface area contributed by atoms with E-state index in [2.05, 4.69) is 184 Å². The SMILES string of the molecule is c1ccc2c(c1)c1ccccc1n2-c1ccc2oc3ccc(-n4c5ccccc5c5cc(-n6c7ccccc7c7ccccc76)ccc54)nc3c2c1. The van der Waals surface area contributed by atoms with Gasteiger partial charge in [-0.2, -0.15) is 0 Å². The van der Waals surface area contributed by atoms with Gasteiger partial charge in [0.2, 0.25) is 0 Å². The number of pyridine rings is 1. The summed E-state index contributed by atoms with van der Waals surface area (Å²) in [6.45, 7) is 0. The molecule has 0 spiro atoms. The first-order valence-corrected chi connectivity index (χ1v) is 17.6. The number of rotatable bonds is 3. The molecular formula is C47H28N4O. The molecule has 0 fully saturated rings. The first-order chi connectivity index (χ1) is 25.8. The van der Waals surface area contributed by atoms with Crippen molar-refractivity contribution < 1.29 is 4.42 Å². The zero-order valence-corrected chi connectivity index (χ0v) is 27.9. The molecule has 0 bridgehead atoms. The van der Waals surface area contributed by atoms with Crippen molar-refractivity contribution in [2.75, 3.05) is 0 Å². The minimum absolute atomic E-state index is 0.771. The maximum Gasteiger partial charge on any atom is 0.154 e. The quantitative estimate of drug-likeness (QED) is 0.189. The Bertz CT molecular complexity index is 3320. The second-order valence-electron chi connectivity index (χ2n) is 13.6. The van der Waals surface area contributed by atoms with E-state index in [0.717, 1.165) is 50.3 Å². The molecule has 12 rings (SSSR count). The highest BCUT2D eigenvalue weighted by atomic mass is 16.3. The maximum absolute atomic E-state index is 6.39. The Morgan fingerprint density at radius 2 is 0.731 bits per heavy atom. The molecule has 5 nitrogen and oxygen atoms in total. The maximum atomic E-state index is 6.39. The van der Waals surface area contributed by atoms with Crippen LogP contribution in [0.5, 0.6) is 0 Å². The lowest BCUT2D eigenvalue weighted by Gasteiger charge is -2.10. The van der Waals surface area contributed by atoms with Gasteiger partial charge in [0.1, 0.15) is 16.9 Å². The summed E-state index contributed by atoms with van der Waals surface area (Å²) in [4.78, 5) is 5.36. The second kappa shape index (κ2) is 10.2. The lowest BCUT2D eigenvalue weighted by molar-refractivity contribution is 0.668. The zero-order chi connectivity index (χ0) is 33.9. The predicted octanol–water partition coefficient (Wildman–Crippen LogP) is 12.3. The van der Waals surface area contributed by atoms with Crippen LogP contribution >= 0.6 is 0 Å². The summed E-state index contributed by atoms with van der Waals surface area (Å²) in [6.07, 6.45) is 0. The van der Waals surface area contributed by atoms with Crippen LogP contribution in [0.4, 0.5) is 0 Å². The highest BCUT2D eigenvalue weighted by molar-refractivity contribution is 6.13. The highest BCUT2D eigenvalue weighted by Crippen LogP contribution is 2.39. The van der Waals surface area contributed by atoms with E-state index < -0.39 is 0 Å². The minimum Gasteiger partial charge on any atom is -0.454 e. The number of benzene rings is 7. The molecule has 0 aliphatic carbocycles. The van der Waals surface area contributed by atoms with Crippen molar-refractivity contribution in [3.05, 3.63) is 170 Å². The lowest BCUT2D eigenvalue weighted by Crippen LogP contribution is -1.98. The van der Waals surface area contributed by atoms with Gasteiger partial charge in [0.15, 0.2) is 5.58 Å². The highest BCUT2D eigenvalue weighted by Gasteiger charge is 2.19. The van der Waals surface area contributed by atoms with Gasteiger partial charge in [-0.15, -0.1) is 0 Å². The average molecular weight is 665 g/mol. The molecule has 0 saturated heterocycles. The summed E-state index contributed by atoms with van der Waals surface area (Å²) >= 11 is 0. The molecule has 52 heavy (non-hydrogen) atoms. The Morgan fingerprint density at radius 1 is 0.327 bits per heavy atom. The Labute approximate surface area is 296 Å². The second-order valence-corrected chi connectivity index (χ2v) is 13.6. The molecule has 0 aliphatic heterocycles. The standard InChI is InChI=1S/C47H28N4O/c1-6-16-38-31(11-1)32-12-2-7-17-39(32)49(38)29-21-23-43-36(27-29)35-15-5-10-20-42(35)51(43)46-26-25-45-47(48-46)37-28-30(22-24-44(37)52-45)50-40-18-8-3-13-33(40)34-14-4-9-19-41(34)50/h1-28H. The number of hydrogen-bond acceptors (Lipinski definition) is 2. The molecule has 242 valence electrons. The molecule has 0 atom stereocenters. The van der Waals surface area contributed by atoms with Crippen LogP contribution in [-0.4, -0.2) is 18.7 Å². The lowest BCUT2D eigenvalue weighted by atomic mass is 10.1. The third-order valence-corrected chi connectivity index (χ3v) is 10.8. The van der Waals surface area contributed by atoms with Gasteiger partial charge < -0.3 is 13.6 Å². The molecule has 0 aliphatic rings. The largest absolute Gasteiger partial charge is 0.454 e. The smallest absolute Gasteiger partial charge is 0.154 e. The van der Waals surface area contributed by atoms with E-state index >= 15 is 0 Å². The third-order valence-electron chi connectivity index (χ3n) is 10.8. The van der Waals surface area contributed by atoms with Gasteiger partial charge in [-0.1, -0.05) is 91.0 Å². The number of hydrogen-bond donors (Lipinski definition) is 0. The molecule has 0 saturated carbocycles. The van der Waals surface area contributed by atoms with Crippen LogP contribution in [0.25, 0.3) is 105 Å². The number of aromatic nitrogens is 4. The van der Waals surface area contributed by atoms with Crippen LogP contribution < -0.4 is 0 Å². The molecule has 5 heteroatoms.